The minimum atomic E-state index is -1.11. The Hall–Kier alpha value is -3.06. The molecule has 1 saturated heterocycles. The molecule has 2 aromatic rings. The third-order valence-electron chi connectivity index (χ3n) is 7.52. The fourth-order valence-electron chi connectivity index (χ4n) is 6.17. The summed E-state index contributed by atoms with van der Waals surface area (Å²) in [7, 11) is 2.20. The summed E-state index contributed by atoms with van der Waals surface area (Å²) in [6, 6.07) is 10.1. The van der Waals surface area contributed by atoms with Gasteiger partial charge in [-0.25, -0.2) is 4.79 Å². The number of likely N-dealkylation sites (N-methyl/N-ethyl adjacent to an activating group) is 1. The summed E-state index contributed by atoms with van der Waals surface area (Å²) in [6.07, 6.45) is 3.18. The SMILES string of the molecule is CN1CC[C@]23c4c5ccc(O)c4O[C@H]2C(=O)CC[C@H]3[C@H]1C5.O=C(O)c1ccccc1O. The number of benzene rings is 2. The lowest BCUT2D eigenvalue weighted by Gasteiger charge is -2.57. The van der Waals surface area contributed by atoms with Crippen LogP contribution >= 0.6 is 0 Å². The van der Waals surface area contributed by atoms with Gasteiger partial charge in [-0.05, 0) is 62.5 Å². The Kier molecular flexibility index (Phi) is 4.48. The molecule has 2 heterocycles. The molecule has 2 bridgehead atoms. The van der Waals surface area contributed by atoms with E-state index in [0.29, 0.717) is 24.1 Å². The first-order chi connectivity index (χ1) is 14.8. The topological polar surface area (TPSA) is 107 Å². The predicted octanol–water partition coefficient (Wildman–Crippen LogP) is 2.72. The van der Waals surface area contributed by atoms with E-state index in [2.05, 4.69) is 11.9 Å². The Balaban J connectivity index is 0.000000174. The quantitative estimate of drug-likeness (QED) is 0.647. The third kappa shape index (κ3) is 2.76. The molecule has 1 spiro atoms. The van der Waals surface area contributed by atoms with E-state index in [1.54, 1.807) is 18.2 Å². The Labute approximate surface area is 179 Å². The molecule has 6 rings (SSSR count). The maximum atomic E-state index is 12.5. The molecule has 2 aliphatic heterocycles. The van der Waals surface area contributed by atoms with Crippen LogP contribution in [0.25, 0.3) is 0 Å². The van der Waals surface area contributed by atoms with Crippen LogP contribution in [0.3, 0.4) is 0 Å². The van der Waals surface area contributed by atoms with E-state index in [1.165, 1.54) is 17.7 Å². The van der Waals surface area contributed by atoms with E-state index >= 15 is 0 Å². The molecule has 0 radical (unpaired) electrons. The lowest BCUT2D eigenvalue weighted by atomic mass is 9.52. The molecule has 4 atom stereocenters. The average molecular weight is 423 g/mol. The van der Waals surface area contributed by atoms with Gasteiger partial charge in [0.15, 0.2) is 23.4 Å². The monoisotopic (exact) mass is 423 g/mol. The van der Waals surface area contributed by atoms with Gasteiger partial charge in [0.05, 0.1) is 0 Å². The molecule has 0 amide bonds. The number of carbonyl (C=O) groups excluding carboxylic acids is 1. The van der Waals surface area contributed by atoms with Crippen molar-refractivity contribution in [3.63, 3.8) is 0 Å². The van der Waals surface area contributed by atoms with E-state index in [1.807, 2.05) is 6.07 Å². The normalized spacial score (nSPS) is 30.0. The molecule has 0 unspecified atom stereocenters. The zero-order valence-corrected chi connectivity index (χ0v) is 17.2. The van der Waals surface area contributed by atoms with Gasteiger partial charge < -0.3 is 25.0 Å². The molecule has 7 nitrogen and oxygen atoms in total. The van der Waals surface area contributed by atoms with E-state index in [-0.39, 0.29) is 34.4 Å². The first-order valence-corrected chi connectivity index (χ1v) is 10.6. The number of ketones is 1. The van der Waals surface area contributed by atoms with Crippen LogP contribution in [-0.2, 0) is 16.6 Å². The number of likely N-dealkylation sites (tertiary alicyclic amines) is 1. The van der Waals surface area contributed by atoms with Gasteiger partial charge in [-0.15, -0.1) is 0 Å². The summed E-state index contributed by atoms with van der Waals surface area (Å²) in [6.45, 7) is 1.00. The molecule has 7 heteroatoms. The number of hydrogen-bond donors (Lipinski definition) is 3. The van der Waals surface area contributed by atoms with Crippen molar-refractivity contribution in [3.05, 3.63) is 53.1 Å². The number of aromatic carboxylic acids is 1. The Morgan fingerprint density at radius 3 is 2.65 bits per heavy atom. The molecular weight excluding hydrogens is 398 g/mol. The van der Waals surface area contributed by atoms with Crippen molar-refractivity contribution in [2.75, 3.05) is 13.6 Å². The molecule has 4 aliphatic rings. The van der Waals surface area contributed by atoms with Crippen molar-refractivity contribution in [1.82, 2.24) is 4.90 Å². The second-order valence-electron chi connectivity index (χ2n) is 8.92. The number of phenolic OH excluding ortho intramolecular Hbond substituents is 1. The average Bonchev–Trinajstić information content (AvgIpc) is 3.10. The number of hydrogen-bond acceptors (Lipinski definition) is 6. The predicted molar refractivity (Wildman–Crippen MR) is 112 cm³/mol. The minimum absolute atomic E-state index is 0.0671. The highest BCUT2D eigenvalue weighted by Crippen LogP contribution is 2.62. The van der Waals surface area contributed by atoms with Gasteiger partial charge >= 0.3 is 5.97 Å². The maximum Gasteiger partial charge on any atom is 0.339 e. The van der Waals surface area contributed by atoms with Crippen molar-refractivity contribution in [1.29, 1.82) is 0 Å². The van der Waals surface area contributed by atoms with Gasteiger partial charge in [-0.1, -0.05) is 18.2 Å². The van der Waals surface area contributed by atoms with Crippen LogP contribution in [0.15, 0.2) is 36.4 Å². The van der Waals surface area contributed by atoms with E-state index in [4.69, 9.17) is 14.9 Å². The number of rotatable bonds is 1. The largest absolute Gasteiger partial charge is 0.507 e. The molecule has 1 saturated carbocycles. The highest BCUT2D eigenvalue weighted by atomic mass is 16.5. The lowest BCUT2D eigenvalue weighted by Crippen LogP contribution is -2.65. The molecule has 2 aromatic carbocycles. The minimum Gasteiger partial charge on any atom is -0.507 e. The summed E-state index contributed by atoms with van der Waals surface area (Å²) in [4.78, 5) is 25.2. The number of para-hydroxylation sites is 1. The molecule has 2 aliphatic carbocycles. The van der Waals surface area contributed by atoms with Crippen molar-refractivity contribution in [3.8, 4) is 17.2 Å². The molecular formula is C24H25NO6. The van der Waals surface area contributed by atoms with Crippen LogP contribution in [0.4, 0.5) is 0 Å². The fourth-order valence-corrected chi connectivity index (χ4v) is 6.17. The molecule has 3 N–H and O–H groups in total. The van der Waals surface area contributed by atoms with Crippen LogP contribution in [0, 0.1) is 5.92 Å². The van der Waals surface area contributed by atoms with Gasteiger partial charge in [-0.2, -0.15) is 0 Å². The van der Waals surface area contributed by atoms with Crippen LogP contribution in [0.5, 0.6) is 17.2 Å². The van der Waals surface area contributed by atoms with Crippen molar-refractivity contribution >= 4 is 11.8 Å². The highest BCUT2D eigenvalue weighted by molar-refractivity contribution is 5.90. The smallest absolute Gasteiger partial charge is 0.339 e. The maximum absolute atomic E-state index is 12.5. The molecule has 2 fully saturated rings. The number of Topliss-reactive ketones (excluding diaryl/α,β-unsaturated/α-hetero) is 1. The second-order valence-corrected chi connectivity index (χ2v) is 8.92. The van der Waals surface area contributed by atoms with Crippen LogP contribution in [0.1, 0.15) is 40.7 Å². The van der Waals surface area contributed by atoms with Gasteiger partial charge in [0, 0.05) is 23.4 Å². The number of ether oxygens (including phenoxy) is 1. The summed E-state index contributed by atoms with van der Waals surface area (Å²) in [5, 5.41) is 27.5. The molecule has 31 heavy (non-hydrogen) atoms. The van der Waals surface area contributed by atoms with Crippen molar-refractivity contribution in [2.24, 2.45) is 5.92 Å². The summed E-state index contributed by atoms with van der Waals surface area (Å²) in [5.41, 5.74) is 2.19. The van der Waals surface area contributed by atoms with Gasteiger partial charge in [0.1, 0.15) is 11.3 Å². The Bertz CT molecular complexity index is 1080. The van der Waals surface area contributed by atoms with Crippen LogP contribution in [0.2, 0.25) is 0 Å². The molecule has 0 aromatic heterocycles. The number of aromatic hydroxyl groups is 2. The molecule has 162 valence electrons. The van der Waals surface area contributed by atoms with E-state index < -0.39 is 5.97 Å². The number of phenols is 2. The van der Waals surface area contributed by atoms with Crippen LogP contribution in [-0.4, -0.2) is 57.7 Å². The first kappa shape index (κ1) is 19.9. The van der Waals surface area contributed by atoms with E-state index in [9.17, 15) is 14.7 Å². The number of nitrogens with zero attached hydrogens (tertiary/aromatic N) is 1. The number of piperidine rings is 1. The summed E-state index contributed by atoms with van der Waals surface area (Å²) in [5.74, 6) is 0.183. The number of carbonyl (C=O) groups is 2. The standard InChI is InChI=1S/C17H19NO3.C7H6O3/c1-18-7-6-17-10-3-5-13(20)16(17)21-15-12(19)4-2-9(14(15)17)8-11(10)18;8-6-4-2-1-3-5(6)7(9)10/h2,4,10-11,16,19H,3,5-8H2,1H3;1-4,8H,(H,9,10)/t10-,11+,16-,17-;/m0./s1. The van der Waals surface area contributed by atoms with Gasteiger partial charge in [0.2, 0.25) is 0 Å². The van der Waals surface area contributed by atoms with Crippen molar-refractivity contribution in [2.45, 2.75) is 43.2 Å². The number of carboxylic acid groups (broad SMARTS) is 1. The summed E-state index contributed by atoms with van der Waals surface area (Å²) >= 11 is 0. The fraction of sp³-hybridized carbons (Fsp3) is 0.417. The summed E-state index contributed by atoms with van der Waals surface area (Å²) < 4.78 is 6.04. The second kappa shape index (κ2) is 6.99. The Morgan fingerprint density at radius 1 is 1.16 bits per heavy atom. The third-order valence-corrected chi connectivity index (χ3v) is 7.52. The highest BCUT2D eigenvalue weighted by Gasteiger charge is 2.65. The van der Waals surface area contributed by atoms with Crippen LogP contribution < -0.4 is 4.74 Å². The van der Waals surface area contributed by atoms with E-state index in [0.717, 1.165) is 31.4 Å². The first-order valence-electron chi connectivity index (χ1n) is 10.6. The van der Waals surface area contributed by atoms with Gasteiger partial charge in [0.25, 0.3) is 0 Å². The van der Waals surface area contributed by atoms with Crippen molar-refractivity contribution < 1.29 is 29.6 Å². The zero-order valence-electron chi connectivity index (χ0n) is 17.2. The number of carboxylic acids is 1. The Morgan fingerprint density at radius 2 is 1.94 bits per heavy atom. The lowest BCUT2D eigenvalue weighted by molar-refractivity contribution is -0.138. The van der Waals surface area contributed by atoms with Gasteiger partial charge in [-0.3, -0.25) is 4.79 Å². The zero-order chi connectivity index (χ0) is 21.9.